The quantitative estimate of drug-likeness (QED) is 0.707. The summed E-state index contributed by atoms with van der Waals surface area (Å²) in [6, 6.07) is 0. The number of ether oxygens (including phenoxy) is 2. The van der Waals surface area contributed by atoms with Gasteiger partial charge in [0.05, 0.1) is 25.7 Å². The van der Waals surface area contributed by atoms with Gasteiger partial charge in [-0.05, 0) is 39.5 Å². The summed E-state index contributed by atoms with van der Waals surface area (Å²) in [5, 5.41) is 0. The van der Waals surface area contributed by atoms with Gasteiger partial charge in [0.25, 0.3) is 0 Å². The van der Waals surface area contributed by atoms with E-state index in [9.17, 15) is 9.59 Å². The summed E-state index contributed by atoms with van der Waals surface area (Å²) in [6.45, 7) is 5.58. The van der Waals surface area contributed by atoms with Crippen LogP contribution in [0, 0.1) is 11.8 Å². The van der Waals surface area contributed by atoms with Crippen molar-refractivity contribution in [1.82, 2.24) is 0 Å². The molecule has 0 bridgehead atoms. The highest BCUT2D eigenvalue weighted by atomic mass is 16.5. The molecule has 0 spiro atoms. The number of Topliss-reactive ketones (excluding diaryl/α,β-unsaturated/α-hetero) is 1. The average molecular weight is 242 g/mol. The molecule has 0 aromatic carbocycles. The fourth-order valence-electron chi connectivity index (χ4n) is 2.69. The Kier molecular flexibility index (Phi) is 5.12. The summed E-state index contributed by atoms with van der Waals surface area (Å²) < 4.78 is 10.3. The van der Waals surface area contributed by atoms with E-state index < -0.39 is 0 Å². The second-order valence-electron chi connectivity index (χ2n) is 4.99. The molecule has 1 fully saturated rings. The van der Waals surface area contributed by atoms with E-state index in [1.807, 2.05) is 13.8 Å². The minimum absolute atomic E-state index is 0.0710. The molecule has 17 heavy (non-hydrogen) atoms. The van der Waals surface area contributed by atoms with Crippen LogP contribution < -0.4 is 0 Å². The Hall–Kier alpha value is -0.900. The maximum atomic E-state index is 11.7. The summed E-state index contributed by atoms with van der Waals surface area (Å²) in [4.78, 5) is 23.0. The lowest BCUT2D eigenvalue weighted by Crippen LogP contribution is -2.36. The van der Waals surface area contributed by atoms with Crippen molar-refractivity contribution in [2.45, 2.75) is 52.2 Å². The van der Waals surface area contributed by atoms with Crippen LogP contribution in [0.4, 0.5) is 0 Å². The number of esters is 1. The van der Waals surface area contributed by atoms with Crippen LogP contribution in [0.1, 0.15) is 40.0 Å². The first-order valence-corrected chi connectivity index (χ1v) is 6.16. The number of hydrogen-bond acceptors (Lipinski definition) is 4. The van der Waals surface area contributed by atoms with Crippen LogP contribution in [-0.4, -0.2) is 31.1 Å². The molecule has 0 aromatic heterocycles. The van der Waals surface area contributed by atoms with E-state index in [4.69, 9.17) is 4.74 Å². The zero-order chi connectivity index (χ0) is 13.0. The maximum Gasteiger partial charge on any atom is 0.306 e. The number of hydrogen-bond donors (Lipinski definition) is 0. The molecule has 0 radical (unpaired) electrons. The molecule has 1 saturated heterocycles. The lowest BCUT2D eigenvalue weighted by molar-refractivity contribution is -0.146. The summed E-state index contributed by atoms with van der Waals surface area (Å²) in [5.41, 5.74) is 0. The highest BCUT2D eigenvalue weighted by Gasteiger charge is 2.34. The second-order valence-corrected chi connectivity index (χ2v) is 4.99. The normalized spacial score (nSPS) is 30.7. The van der Waals surface area contributed by atoms with Crippen LogP contribution in [0.5, 0.6) is 0 Å². The predicted molar refractivity (Wildman–Crippen MR) is 63.5 cm³/mol. The zero-order valence-electron chi connectivity index (χ0n) is 11.1. The lowest BCUT2D eigenvalue weighted by atomic mass is 9.78. The van der Waals surface area contributed by atoms with Gasteiger partial charge in [0.2, 0.25) is 0 Å². The highest BCUT2D eigenvalue weighted by molar-refractivity contribution is 5.83. The zero-order valence-corrected chi connectivity index (χ0v) is 11.1. The molecular weight excluding hydrogens is 220 g/mol. The third kappa shape index (κ3) is 4.11. The topological polar surface area (TPSA) is 52.6 Å². The second kappa shape index (κ2) is 6.15. The Bertz CT molecular complexity index is 277. The summed E-state index contributed by atoms with van der Waals surface area (Å²) in [5.74, 6) is -0.236. The van der Waals surface area contributed by atoms with Gasteiger partial charge in [0.15, 0.2) is 0 Å². The van der Waals surface area contributed by atoms with E-state index >= 15 is 0 Å². The number of methoxy groups -OCH3 is 1. The van der Waals surface area contributed by atoms with Crippen molar-refractivity contribution < 1.29 is 19.1 Å². The van der Waals surface area contributed by atoms with Crippen molar-refractivity contribution in [2.24, 2.45) is 11.8 Å². The predicted octanol–water partition coefficient (Wildman–Crippen LogP) is 1.96. The van der Waals surface area contributed by atoms with Crippen molar-refractivity contribution in [3.05, 3.63) is 0 Å². The molecule has 4 nitrogen and oxygen atoms in total. The molecule has 0 saturated carbocycles. The van der Waals surface area contributed by atoms with E-state index in [-0.39, 0.29) is 42.2 Å². The van der Waals surface area contributed by atoms with Crippen molar-refractivity contribution >= 4 is 11.8 Å². The highest BCUT2D eigenvalue weighted by Crippen LogP contribution is 2.33. The van der Waals surface area contributed by atoms with Crippen molar-refractivity contribution in [2.75, 3.05) is 7.11 Å². The molecule has 1 aliphatic heterocycles. The molecule has 0 unspecified atom stereocenters. The van der Waals surface area contributed by atoms with E-state index in [1.165, 1.54) is 7.11 Å². The molecule has 1 rings (SSSR count). The monoisotopic (exact) mass is 242 g/mol. The van der Waals surface area contributed by atoms with Crippen molar-refractivity contribution in [3.8, 4) is 0 Å². The fourth-order valence-corrected chi connectivity index (χ4v) is 2.69. The molecule has 4 heteroatoms. The average Bonchev–Trinajstić information content (AvgIpc) is 2.23. The van der Waals surface area contributed by atoms with Crippen LogP contribution in [-0.2, 0) is 19.1 Å². The smallest absolute Gasteiger partial charge is 0.306 e. The van der Waals surface area contributed by atoms with Gasteiger partial charge in [-0.2, -0.15) is 0 Å². The van der Waals surface area contributed by atoms with Crippen LogP contribution in [0.15, 0.2) is 0 Å². The van der Waals surface area contributed by atoms with Crippen LogP contribution in [0.25, 0.3) is 0 Å². The van der Waals surface area contributed by atoms with Gasteiger partial charge in [-0.25, -0.2) is 0 Å². The number of carbonyl (C=O) groups is 2. The van der Waals surface area contributed by atoms with Gasteiger partial charge in [-0.1, -0.05) is 0 Å². The Morgan fingerprint density at radius 1 is 1.29 bits per heavy atom. The Labute approximate surface area is 103 Å². The number of carbonyl (C=O) groups excluding carboxylic acids is 2. The molecule has 1 aliphatic rings. The number of ketones is 1. The molecule has 0 aliphatic carbocycles. The Morgan fingerprint density at radius 2 is 1.82 bits per heavy atom. The summed E-state index contributed by atoms with van der Waals surface area (Å²) in [7, 11) is 1.36. The minimum Gasteiger partial charge on any atom is -0.469 e. The van der Waals surface area contributed by atoms with Crippen LogP contribution in [0.3, 0.4) is 0 Å². The molecule has 0 N–H and O–H groups in total. The third-order valence-corrected chi connectivity index (χ3v) is 3.44. The van der Waals surface area contributed by atoms with Gasteiger partial charge in [0.1, 0.15) is 5.78 Å². The van der Waals surface area contributed by atoms with Crippen LogP contribution in [0.2, 0.25) is 0 Å². The molecule has 3 atom stereocenters. The summed E-state index contributed by atoms with van der Waals surface area (Å²) in [6.07, 6.45) is 2.18. The van der Waals surface area contributed by atoms with Gasteiger partial charge >= 0.3 is 5.97 Å². The first-order chi connectivity index (χ1) is 7.93. The molecular formula is C13H22O4. The van der Waals surface area contributed by atoms with Gasteiger partial charge < -0.3 is 9.47 Å². The number of rotatable bonds is 4. The molecule has 0 aromatic rings. The fraction of sp³-hybridized carbons (Fsp3) is 0.846. The summed E-state index contributed by atoms with van der Waals surface area (Å²) >= 11 is 0. The molecule has 0 amide bonds. The Balaban J connectivity index is 2.69. The third-order valence-electron chi connectivity index (χ3n) is 3.44. The van der Waals surface area contributed by atoms with E-state index in [0.717, 1.165) is 12.8 Å². The van der Waals surface area contributed by atoms with Crippen molar-refractivity contribution in [1.29, 1.82) is 0 Å². The van der Waals surface area contributed by atoms with Gasteiger partial charge in [-0.15, -0.1) is 0 Å². The van der Waals surface area contributed by atoms with E-state index in [2.05, 4.69) is 4.74 Å². The maximum absolute atomic E-state index is 11.7. The first-order valence-electron chi connectivity index (χ1n) is 6.16. The minimum atomic E-state index is -0.308. The molecule has 1 heterocycles. The van der Waals surface area contributed by atoms with E-state index in [1.54, 1.807) is 6.92 Å². The van der Waals surface area contributed by atoms with Gasteiger partial charge in [0, 0.05) is 5.92 Å². The van der Waals surface area contributed by atoms with Crippen LogP contribution >= 0.6 is 0 Å². The first kappa shape index (κ1) is 14.2. The Morgan fingerprint density at radius 3 is 2.24 bits per heavy atom. The SMILES string of the molecule is COC(=O)C[C@@H](C(C)=O)C1C[C@@H](C)O[C@H](C)C1. The molecule has 98 valence electrons. The van der Waals surface area contributed by atoms with Crippen molar-refractivity contribution in [3.63, 3.8) is 0 Å². The standard InChI is InChI=1S/C13H22O4/c1-8-5-11(6-9(2)17-8)12(10(3)14)7-13(15)16-4/h8-9,11-12H,5-7H2,1-4H3/t8-,9-,12+/m1/s1. The lowest BCUT2D eigenvalue weighted by Gasteiger charge is -2.35. The van der Waals surface area contributed by atoms with Gasteiger partial charge in [-0.3, -0.25) is 9.59 Å². The van der Waals surface area contributed by atoms with E-state index in [0.29, 0.717) is 0 Å². The largest absolute Gasteiger partial charge is 0.469 e.